The molecule has 0 radical (unpaired) electrons. The molecule has 0 amide bonds. The van der Waals surface area contributed by atoms with Gasteiger partial charge in [-0.2, -0.15) is 0 Å². The molecule has 218 valence electrons. The second kappa shape index (κ2) is 18.6. The van der Waals surface area contributed by atoms with Crippen LogP contribution in [0.25, 0.3) is 0 Å². The minimum Gasteiger partial charge on any atom is -0.488 e. The first kappa shape index (κ1) is 30.8. The van der Waals surface area contributed by atoms with Crippen LogP contribution in [0.3, 0.4) is 0 Å². The van der Waals surface area contributed by atoms with Crippen LogP contribution in [0.15, 0.2) is 72.8 Å². The summed E-state index contributed by atoms with van der Waals surface area (Å²) in [6, 6.07) is 22.1. The lowest BCUT2D eigenvalue weighted by Crippen LogP contribution is -2.35. The molecule has 0 aliphatic rings. The van der Waals surface area contributed by atoms with Crippen molar-refractivity contribution in [2.24, 2.45) is 0 Å². The van der Waals surface area contributed by atoms with E-state index in [1.165, 1.54) is 0 Å². The Kier molecular flexibility index (Phi) is 14.3. The van der Waals surface area contributed by atoms with Gasteiger partial charge in [0.25, 0.3) is 0 Å². The number of benzene rings is 3. The third-order valence-corrected chi connectivity index (χ3v) is 5.59. The van der Waals surface area contributed by atoms with Gasteiger partial charge in [0.2, 0.25) is 0 Å². The lowest BCUT2D eigenvalue weighted by atomic mass is 10.3. The zero-order valence-electron chi connectivity index (χ0n) is 22.7. The normalized spacial score (nSPS) is 10.8. The van der Waals surface area contributed by atoms with Crippen molar-refractivity contribution >= 4 is 0 Å². The van der Waals surface area contributed by atoms with E-state index in [4.69, 9.17) is 43.7 Å². The van der Waals surface area contributed by atoms with E-state index in [0.29, 0.717) is 74.0 Å². The molecule has 0 unspecified atom stereocenters. The molecule has 0 atom stereocenters. The van der Waals surface area contributed by atoms with Crippen LogP contribution < -0.4 is 28.4 Å². The second-order valence-electron chi connectivity index (χ2n) is 8.44. The maximum absolute atomic E-state index is 9.08. The van der Waals surface area contributed by atoms with Crippen LogP contribution in [-0.2, 0) is 0 Å². The fraction of sp³-hybridized carbons (Fsp3) is 0.400. The highest BCUT2D eigenvalue weighted by atomic mass is 16.5. The number of hydrogen-bond acceptors (Lipinski definition) is 10. The van der Waals surface area contributed by atoms with Crippen LogP contribution in [0.1, 0.15) is 0 Å². The van der Waals surface area contributed by atoms with Gasteiger partial charge in [0.1, 0.15) is 39.6 Å². The molecule has 0 aliphatic carbocycles. The molecule has 3 aromatic rings. The maximum Gasteiger partial charge on any atom is 0.161 e. The fourth-order valence-electron chi connectivity index (χ4n) is 3.72. The molecular formula is C30H39NO9. The van der Waals surface area contributed by atoms with Gasteiger partial charge in [0.05, 0.1) is 19.8 Å². The second-order valence-corrected chi connectivity index (χ2v) is 8.44. The Morgan fingerprint density at radius 1 is 0.375 bits per heavy atom. The van der Waals surface area contributed by atoms with E-state index in [1.54, 1.807) is 18.2 Å². The van der Waals surface area contributed by atoms with Crippen molar-refractivity contribution in [2.45, 2.75) is 0 Å². The highest BCUT2D eigenvalue weighted by Gasteiger charge is 2.11. The Morgan fingerprint density at radius 2 is 0.600 bits per heavy atom. The number of hydrogen-bond donors (Lipinski definition) is 3. The Balaban J connectivity index is 1.58. The van der Waals surface area contributed by atoms with Gasteiger partial charge in [-0.3, -0.25) is 4.90 Å². The van der Waals surface area contributed by atoms with Gasteiger partial charge < -0.3 is 43.7 Å². The Labute approximate surface area is 235 Å². The standard InChI is InChI=1S/C30H39NO9/c32-16-22-38-28-10-4-1-7-25(28)35-19-13-31(14-20-36-26-8-2-5-11-29(26)39-23-17-33)15-21-37-27-9-3-6-12-30(27)40-24-18-34/h1-12,32-34H,13-24H2. The lowest BCUT2D eigenvalue weighted by molar-refractivity contribution is 0.144. The smallest absolute Gasteiger partial charge is 0.161 e. The third kappa shape index (κ3) is 10.8. The summed E-state index contributed by atoms with van der Waals surface area (Å²) >= 11 is 0. The van der Waals surface area contributed by atoms with Crippen molar-refractivity contribution in [2.75, 3.05) is 79.1 Å². The topological polar surface area (TPSA) is 119 Å². The average molecular weight is 558 g/mol. The zero-order chi connectivity index (χ0) is 28.3. The predicted molar refractivity (Wildman–Crippen MR) is 150 cm³/mol. The highest BCUT2D eigenvalue weighted by Crippen LogP contribution is 2.28. The highest BCUT2D eigenvalue weighted by molar-refractivity contribution is 5.40. The molecule has 0 saturated carbocycles. The number of ether oxygens (including phenoxy) is 6. The molecule has 0 spiro atoms. The summed E-state index contributed by atoms with van der Waals surface area (Å²) < 4.78 is 34.7. The lowest BCUT2D eigenvalue weighted by Gasteiger charge is -2.23. The number of aliphatic hydroxyl groups excluding tert-OH is 3. The van der Waals surface area contributed by atoms with Crippen molar-refractivity contribution in [3.05, 3.63) is 72.8 Å². The van der Waals surface area contributed by atoms with Crippen molar-refractivity contribution in [1.82, 2.24) is 4.90 Å². The molecule has 10 nitrogen and oxygen atoms in total. The van der Waals surface area contributed by atoms with Gasteiger partial charge in [0, 0.05) is 19.6 Å². The Hall–Kier alpha value is -3.70. The minimum atomic E-state index is -0.0789. The van der Waals surface area contributed by atoms with E-state index < -0.39 is 0 Å². The summed E-state index contributed by atoms with van der Waals surface area (Å²) in [4.78, 5) is 2.16. The molecule has 0 bridgehead atoms. The molecule has 10 heteroatoms. The average Bonchev–Trinajstić information content (AvgIpc) is 2.99. The monoisotopic (exact) mass is 557 g/mol. The molecule has 3 N–H and O–H groups in total. The summed E-state index contributed by atoms with van der Waals surface area (Å²) in [5.74, 6) is 3.55. The quantitative estimate of drug-likeness (QED) is 0.180. The van der Waals surface area contributed by atoms with E-state index in [9.17, 15) is 0 Å². The number of aliphatic hydroxyl groups is 3. The van der Waals surface area contributed by atoms with Gasteiger partial charge in [-0.1, -0.05) is 36.4 Å². The minimum absolute atomic E-state index is 0.0789. The molecule has 40 heavy (non-hydrogen) atoms. The van der Waals surface area contributed by atoms with Crippen LogP contribution in [0.4, 0.5) is 0 Å². The Bertz CT molecular complexity index is 961. The van der Waals surface area contributed by atoms with Crippen molar-refractivity contribution in [3.8, 4) is 34.5 Å². The summed E-state index contributed by atoms with van der Waals surface area (Å²) in [5, 5.41) is 27.2. The first-order chi connectivity index (χ1) is 19.7. The maximum atomic E-state index is 9.08. The number of para-hydroxylation sites is 6. The van der Waals surface area contributed by atoms with Crippen molar-refractivity contribution in [3.63, 3.8) is 0 Å². The Morgan fingerprint density at radius 3 is 0.825 bits per heavy atom. The third-order valence-electron chi connectivity index (χ3n) is 5.59. The molecule has 0 aliphatic heterocycles. The summed E-state index contributed by atoms with van der Waals surface area (Å²) in [7, 11) is 0. The molecule has 0 heterocycles. The van der Waals surface area contributed by atoms with Gasteiger partial charge >= 0.3 is 0 Å². The van der Waals surface area contributed by atoms with Gasteiger partial charge in [0.15, 0.2) is 34.5 Å². The van der Waals surface area contributed by atoms with E-state index in [1.807, 2.05) is 54.6 Å². The fourth-order valence-corrected chi connectivity index (χ4v) is 3.72. The molecule has 0 aromatic heterocycles. The molecule has 3 rings (SSSR count). The van der Waals surface area contributed by atoms with Crippen LogP contribution in [0, 0.1) is 0 Å². The molecule has 3 aromatic carbocycles. The van der Waals surface area contributed by atoms with Gasteiger partial charge in [-0.25, -0.2) is 0 Å². The van der Waals surface area contributed by atoms with E-state index in [-0.39, 0.29) is 39.6 Å². The van der Waals surface area contributed by atoms with E-state index in [0.717, 1.165) is 0 Å². The molecular weight excluding hydrogens is 518 g/mol. The van der Waals surface area contributed by atoms with Crippen LogP contribution in [0.5, 0.6) is 34.5 Å². The van der Waals surface area contributed by atoms with E-state index in [2.05, 4.69) is 4.90 Å². The van der Waals surface area contributed by atoms with Crippen LogP contribution >= 0.6 is 0 Å². The number of nitrogens with zero attached hydrogens (tertiary/aromatic N) is 1. The first-order valence-electron chi connectivity index (χ1n) is 13.3. The first-order valence-corrected chi connectivity index (χ1v) is 13.3. The van der Waals surface area contributed by atoms with E-state index >= 15 is 0 Å². The van der Waals surface area contributed by atoms with Gasteiger partial charge in [-0.15, -0.1) is 0 Å². The number of rotatable bonds is 21. The molecule has 0 saturated heterocycles. The largest absolute Gasteiger partial charge is 0.488 e. The van der Waals surface area contributed by atoms with Crippen molar-refractivity contribution < 1.29 is 43.7 Å². The molecule has 0 fully saturated rings. The summed E-state index contributed by atoms with van der Waals surface area (Å²) in [6.45, 7) is 3.28. The van der Waals surface area contributed by atoms with Crippen LogP contribution in [-0.4, -0.2) is 99.3 Å². The van der Waals surface area contributed by atoms with Crippen LogP contribution in [0.2, 0.25) is 0 Å². The predicted octanol–water partition coefficient (Wildman–Crippen LogP) is 2.64. The summed E-state index contributed by atoms with van der Waals surface area (Å²) in [6.07, 6.45) is 0. The summed E-state index contributed by atoms with van der Waals surface area (Å²) in [5.41, 5.74) is 0. The van der Waals surface area contributed by atoms with Crippen molar-refractivity contribution in [1.29, 1.82) is 0 Å². The van der Waals surface area contributed by atoms with Gasteiger partial charge in [-0.05, 0) is 36.4 Å². The zero-order valence-corrected chi connectivity index (χ0v) is 22.7. The SMILES string of the molecule is OCCOc1ccccc1OCCN(CCOc1ccccc1OCCO)CCOc1ccccc1OCCO.